The predicted octanol–water partition coefficient (Wildman–Crippen LogP) is 4.79. The fourth-order valence-electron chi connectivity index (χ4n) is 2.89. The largest absolute Gasteiger partial charge is 0.352 e. The van der Waals surface area contributed by atoms with Crippen LogP contribution in [0.25, 0.3) is 0 Å². The van der Waals surface area contributed by atoms with E-state index in [1.54, 1.807) is 30.0 Å². The first-order chi connectivity index (χ1) is 13.2. The fourth-order valence-corrected chi connectivity index (χ4v) is 3.36. The molecular formula is C22H26Cl2N2O2. The molecule has 150 valence electrons. The smallest absolute Gasteiger partial charge is 0.242 e. The molecular weight excluding hydrogens is 395 g/mol. The van der Waals surface area contributed by atoms with Crippen LogP contribution in [-0.2, 0) is 22.6 Å². The normalized spacial score (nSPS) is 12.0. The van der Waals surface area contributed by atoms with E-state index in [0.29, 0.717) is 22.2 Å². The van der Waals surface area contributed by atoms with Crippen molar-refractivity contribution in [3.05, 3.63) is 69.2 Å². The standard InChI is InChI=1S/C22H26Cl2N2O2/c1-14(2)25-22(28)16(4)26(13-18-8-6-5-7-15(18)3)21(27)11-17-9-10-19(23)12-20(17)24/h5-10,12,14,16H,11,13H2,1-4H3,(H,25,28)/t16-/m0/s1. The summed E-state index contributed by atoms with van der Waals surface area (Å²) < 4.78 is 0. The van der Waals surface area contributed by atoms with Crippen LogP contribution in [-0.4, -0.2) is 28.8 Å². The average molecular weight is 421 g/mol. The zero-order chi connectivity index (χ0) is 20.8. The molecule has 2 amide bonds. The summed E-state index contributed by atoms with van der Waals surface area (Å²) in [5.41, 5.74) is 2.76. The number of aryl methyl sites for hydroxylation is 1. The molecule has 0 saturated heterocycles. The number of carbonyl (C=O) groups is 2. The Balaban J connectivity index is 2.29. The zero-order valence-electron chi connectivity index (χ0n) is 16.6. The topological polar surface area (TPSA) is 49.4 Å². The lowest BCUT2D eigenvalue weighted by molar-refractivity contribution is -0.140. The molecule has 0 aromatic heterocycles. The SMILES string of the molecule is Cc1ccccc1CN(C(=O)Cc1ccc(Cl)cc1Cl)[C@@H](C)C(=O)NC(C)C. The van der Waals surface area contributed by atoms with Gasteiger partial charge in [0.1, 0.15) is 6.04 Å². The molecule has 2 rings (SSSR count). The molecule has 0 aliphatic carbocycles. The van der Waals surface area contributed by atoms with Crippen LogP contribution in [0.1, 0.15) is 37.5 Å². The highest BCUT2D eigenvalue weighted by molar-refractivity contribution is 6.35. The van der Waals surface area contributed by atoms with Crippen LogP contribution in [0.5, 0.6) is 0 Å². The van der Waals surface area contributed by atoms with Crippen molar-refractivity contribution in [3.8, 4) is 0 Å². The highest BCUT2D eigenvalue weighted by atomic mass is 35.5. The summed E-state index contributed by atoms with van der Waals surface area (Å²) in [4.78, 5) is 27.3. The van der Waals surface area contributed by atoms with E-state index in [1.807, 2.05) is 45.0 Å². The number of rotatable bonds is 7. The zero-order valence-corrected chi connectivity index (χ0v) is 18.1. The minimum atomic E-state index is -0.611. The second-order valence-corrected chi connectivity index (χ2v) is 8.04. The third-order valence-corrected chi connectivity index (χ3v) is 5.14. The van der Waals surface area contributed by atoms with Crippen molar-refractivity contribution in [2.75, 3.05) is 0 Å². The van der Waals surface area contributed by atoms with Crippen molar-refractivity contribution in [1.29, 1.82) is 0 Å². The van der Waals surface area contributed by atoms with E-state index in [9.17, 15) is 9.59 Å². The summed E-state index contributed by atoms with van der Waals surface area (Å²) in [6.45, 7) is 7.88. The molecule has 0 bridgehead atoms. The minimum absolute atomic E-state index is 0.00364. The monoisotopic (exact) mass is 420 g/mol. The lowest BCUT2D eigenvalue weighted by Gasteiger charge is -2.30. The third-order valence-electron chi connectivity index (χ3n) is 4.56. The lowest BCUT2D eigenvalue weighted by atomic mass is 10.1. The Morgan fingerprint density at radius 1 is 1.04 bits per heavy atom. The second kappa shape index (κ2) is 9.94. The van der Waals surface area contributed by atoms with Gasteiger partial charge in [-0.1, -0.05) is 53.5 Å². The fraction of sp³-hybridized carbons (Fsp3) is 0.364. The molecule has 0 aliphatic heterocycles. The van der Waals surface area contributed by atoms with Crippen LogP contribution >= 0.6 is 23.2 Å². The average Bonchev–Trinajstić information content (AvgIpc) is 2.62. The molecule has 1 atom stereocenters. The summed E-state index contributed by atoms with van der Waals surface area (Å²) in [6.07, 6.45) is 0.0984. The van der Waals surface area contributed by atoms with Crippen molar-refractivity contribution in [2.45, 2.75) is 52.7 Å². The van der Waals surface area contributed by atoms with Crippen LogP contribution in [0.4, 0.5) is 0 Å². The van der Waals surface area contributed by atoms with Gasteiger partial charge in [0.05, 0.1) is 6.42 Å². The van der Waals surface area contributed by atoms with Gasteiger partial charge < -0.3 is 10.2 Å². The number of hydrogen-bond acceptors (Lipinski definition) is 2. The molecule has 0 heterocycles. The van der Waals surface area contributed by atoms with E-state index in [-0.39, 0.29) is 24.3 Å². The van der Waals surface area contributed by atoms with Crippen LogP contribution < -0.4 is 5.32 Å². The van der Waals surface area contributed by atoms with Crippen LogP contribution in [0.15, 0.2) is 42.5 Å². The minimum Gasteiger partial charge on any atom is -0.352 e. The summed E-state index contributed by atoms with van der Waals surface area (Å²) in [5.74, 6) is -0.349. The molecule has 2 aromatic carbocycles. The van der Waals surface area contributed by atoms with Crippen LogP contribution in [0.2, 0.25) is 10.0 Å². The van der Waals surface area contributed by atoms with E-state index >= 15 is 0 Å². The van der Waals surface area contributed by atoms with Crippen molar-refractivity contribution in [3.63, 3.8) is 0 Å². The molecule has 0 radical (unpaired) electrons. The molecule has 1 N–H and O–H groups in total. The predicted molar refractivity (Wildman–Crippen MR) is 115 cm³/mol. The highest BCUT2D eigenvalue weighted by Crippen LogP contribution is 2.23. The quantitative estimate of drug-likeness (QED) is 0.699. The van der Waals surface area contributed by atoms with E-state index in [2.05, 4.69) is 5.32 Å². The second-order valence-electron chi connectivity index (χ2n) is 7.20. The number of hydrogen-bond donors (Lipinski definition) is 1. The Hall–Kier alpha value is -2.04. The number of nitrogens with one attached hydrogen (secondary N) is 1. The van der Waals surface area contributed by atoms with Crippen molar-refractivity contribution in [2.24, 2.45) is 0 Å². The van der Waals surface area contributed by atoms with Gasteiger partial charge in [0.25, 0.3) is 0 Å². The van der Waals surface area contributed by atoms with Crippen LogP contribution in [0.3, 0.4) is 0 Å². The Kier molecular flexibility index (Phi) is 7.90. The van der Waals surface area contributed by atoms with E-state index in [4.69, 9.17) is 23.2 Å². The van der Waals surface area contributed by atoms with Crippen molar-refractivity contribution in [1.82, 2.24) is 10.2 Å². The number of amides is 2. The Morgan fingerprint density at radius 3 is 2.32 bits per heavy atom. The summed E-state index contributed by atoms with van der Waals surface area (Å²) in [5, 5.41) is 3.84. The molecule has 2 aromatic rings. The maximum atomic E-state index is 13.2. The molecule has 0 spiro atoms. The van der Waals surface area contributed by atoms with Crippen molar-refractivity contribution < 1.29 is 9.59 Å². The lowest BCUT2D eigenvalue weighted by Crippen LogP contribution is -2.49. The summed E-state index contributed by atoms with van der Waals surface area (Å²) in [6, 6.07) is 12.3. The number of benzene rings is 2. The Morgan fingerprint density at radius 2 is 1.71 bits per heavy atom. The molecule has 28 heavy (non-hydrogen) atoms. The van der Waals surface area contributed by atoms with Crippen LogP contribution in [0, 0.1) is 6.92 Å². The number of halogens is 2. The van der Waals surface area contributed by atoms with Gasteiger partial charge in [0.2, 0.25) is 11.8 Å². The first-order valence-corrected chi connectivity index (χ1v) is 10.0. The maximum absolute atomic E-state index is 13.2. The first kappa shape index (κ1) is 22.3. The summed E-state index contributed by atoms with van der Waals surface area (Å²) >= 11 is 12.2. The molecule has 0 unspecified atom stereocenters. The van der Waals surface area contributed by atoms with Gasteiger partial charge in [-0.2, -0.15) is 0 Å². The first-order valence-electron chi connectivity index (χ1n) is 9.27. The Bertz CT molecular complexity index is 852. The van der Waals surface area contributed by atoms with Gasteiger partial charge in [0.15, 0.2) is 0 Å². The van der Waals surface area contributed by atoms with E-state index in [0.717, 1.165) is 11.1 Å². The Labute approximate surface area is 176 Å². The number of nitrogens with zero attached hydrogens (tertiary/aromatic N) is 1. The van der Waals surface area contributed by atoms with Gasteiger partial charge in [0, 0.05) is 22.6 Å². The number of carbonyl (C=O) groups excluding carboxylic acids is 2. The molecule has 0 aliphatic rings. The van der Waals surface area contributed by atoms with Gasteiger partial charge in [-0.05, 0) is 56.5 Å². The van der Waals surface area contributed by atoms with Gasteiger partial charge in [-0.3, -0.25) is 9.59 Å². The van der Waals surface area contributed by atoms with Gasteiger partial charge >= 0.3 is 0 Å². The summed E-state index contributed by atoms with van der Waals surface area (Å²) in [7, 11) is 0. The van der Waals surface area contributed by atoms with Gasteiger partial charge in [-0.25, -0.2) is 0 Å². The highest BCUT2D eigenvalue weighted by Gasteiger charge is 2.27. The maximum Gasteiger partial charge on any atom is 0.242 e. The van der Waals surface area contributed by atoms with E-state index < -0.39 is 6.04 Å². The third kappa shape index (κ3) is 5.98. The molecule has 6 heteroatoms. The van der Waals surface area contributed by atoms with Gasteiger partial charge in [-0.15, -0.1) is 0 Å². The molecule has 4 nitrogen and oxygen atoms in total. The molecule has 0 fully saturated rings. The molecule has 0 saturated carbocycles. The van der Waals surface area contributed by atoms with E-state index in [1.165, 1.54) is 0 Å². The van der Waals surface area contributed by atoms with Crippen molar-refractivity contribution >= 4 is 35.0 Å².